The molecule has 20 heteroatoms. The van der Waals surface area contributed by atoms with E-state index in [0.717, 1.165) is 60.2 Å². The van der Waals surface area contributed by atoms with Crippen molar-refractivity contribution in [1.29, 1.82) is 0 Å². The molecule has 0 aliphatic carbocycles. The van der Waals surface area contributed by atoms with Crippen LogP contribution in [-0.4, -0.2) is 175 Å². The molecule has 7 rings (SSSR count). The number of likely N-dealkylation sites (tertiary alicyclic amines) is 2. The van der Waals surface area contributed by atoms with Gasteiger partial charge in [0, 0.05) is 32.0 Å². The third-order valence-corrected chi connectivity index (χ3v) is 12.3. The van der Waals surface area contributed by atoms with Gasteiger partial charge >= 0.3 is 12.2 Å². The Morgan fingerprint density at radius 2 is 1.23 bits per heavy atom. The summed E-state index contributed by atoms with van der Waals surface area (Å²) >= 11 is 5.27. The van der Waals surface area contributed by atoms with Crippen molar-refractivity contribution in [3.63, 3.8) is 0 Å². The van der Waals surface area contributed by atoms with Gasteiger partial charge in [0.05, 0.1) is 51.6 Å². The van der Waals surface area contributed by atoms with E-state index in [9.17, 15) is 14.4 Å². The summed E-state index contributed by atoms with van der Waals surface area (Å²) in [4.78, 5) is 50.5. The molecule has 2 unspecified atom stereocenters. The molecule has 19 nitrogen and oxygen atoms in total. The normalized spacial score (nSPS) is 19.7. The van der Waals surface area contributed by atoms with Crippen molar-refractivity contribution in [2.45, 2.75) is 116 Å². The van der Waals surface area contributed by atoms with Crippen molar-refractivity contribution in [2.75, 3.05) is 93.9 Å². The van der Waals surface area contributed by atoms with Crippen molar-refractivity contribution in [1.82, 2.24) is 45.1 Å². The predicted molar refractivity (Wildman–Crippen MR) is 271 cm³/mol. The fourth-order valence-corrected chi connectivity index (χ4v) is 8.34. The lowest BCUT2D eigenvalue weighted by molar-refractivity contribution is -0.136. The molecular weight excluding hydrogens is 917 g/mol. The lowest BCUT2D eigenvalue weighted by Crippen LogP contribution is -2.53. The number of methoxy groups -OCH3 is 2. The second-order valence-electron chi connectivity index (χ2n) is 20.1. The molecule has 4 aliphatic heterocycles. The van der Waals surface area contributed by atoms with Gasteiger partial charge in [-0.3, -0.25) is 16.1 Å². The Morgan fingerprint density at radius 1 is 0.729 bits per heavy atom. The van der Waals surface area contributed by atoms with E-state index in [1.54, 1.807) is 39.9 Å². The Labute approximate surface area is 419 Å². The third-order valence-electron chi connectivity index (χ3n) is 12.0. The minimum atomic E-state index is -0.778. The van der Waals surface area contributed by atoms with Crippen LogP contribution in [0.1, 0.15) is 102 Å². The summed E-state index contributed by atoms with van der Waals surface area (Å²) in [5, 5.41) is 7.63. The van der Waals surface area contributed by atoms with Crippen LogP contribution in [0, 0.1) is 0 Å². The van der Waals surface area contributed by atoms with E-state index in [2.05, 4.69) is 39.3 Å². The Balaban J connectivity index is 0.000000225. The number of benzene rings is 2. The van der Waals surface area contributed by atoms with Crippen LogP contribution in [0.3, 0.4) is 0 Å². The number of nitrogens with two attached hydrogens (primary N) is 1. The number of ether oxygens (including phenoxy) is 6. The molecule has 3 amide bonds. The van der Waals surface area contributed by atoms with E-state index in [4.69, 9.17) is 56.6 Å². The summed E-state index contributed by atoms with van der Waals surface area (Å²) in [6.07, 6.45) is 3.56. The Kier molecular flexibility index (Phi) is 21.2. The van der Waals surface area contributed by atoms with Crippen molar-refractivity contribution in [3.05, 3.63) is 71.3 Å². The maximum Gasteiger partial charge on any atom is 0.410 e. The Hall–Kier alpha value is -4.96. The lowest BCUT2D eigenvalue weighted by atomic mass is 10.1. The van der Waals surface area contributed by atoms with Crippen molar-refractivity contribution >= 4 is 35.3 Å². The zero-order chi connectivity index (χ0) is 51.0. The number of piperidine rings is 2. The maximum absolute atomic E-state index is 12.7. The zero-order valence-electron chi connectivity index (χ0n) is 43.0. The highest BCUT2D eigenvalue weighted by atomic mass is 32.1. The number of thiocarbonyl (C=S) groups is 1. The minimum absolute atomic E-state index is 0.131. The van der Waals surface area contributed by atoms with E-state index in [1.165, 1.54) is 30.8 Å². The molecule has 0 saturated carbocycles. The van der Waals surface area contributed by atoms with E-state index in [1.807, 2.05) is 69.3 Å². The van der Waals surface area contributed by atoms with Crippen molar-refractivity contribution in [2.24, 2.45) is 5.84 Å². The fraction of sp³-hybridized carbons (Fsp3) is 0.640. The molecule has 4 N–H and O–H groups in total. The second-order valence-corrected chi connectivity index (χ2v) is 20.6. The van der Waals surface area contributed by atoms with Gasteiger partial charge in [0.25, 0.3) is 5.91 Å². The molecule has 4 fully saturated rings. The fourth-order valence-electron chi connectivity index (χ4n) is 8.07. The van der Waals surface area contributed by atoms with Gasteiger partial charge in [-0.1, -0.05) is 36.5 Å². The number of amides is 3. The van der Waals surface area contributed by atoms with Crippen LogP contribution in [0.4, 0.5) is 9.59 Å². The molecular formula is C50H78N10O9S. The molecule has 3 aromatic rings. The summed E-state index contributed by atoms with van der Waals surface area (Å²) < 4.78 is 35.0. The average Bonchev–Trinajstić information content (AvgIpc) is 3.75. The molecule has 0 bridgehead atoms. The lowest BCUT2D eigenvalue weighted by Gasteiger charge is -2.35. The first-order chi connectivity index (χ1) is 33.2. The summed E-state index contributed by atoms with van der Waals surface area (Å²) in [5.41, 5.74) is 3.75. The summed E-state index contributed by atoms with van der Waals surface area (Å²) in [6, 6.07) is 16.2. The van der Waals surface area contributed by atoms with E-state index < -0.39 is 23.4 Å². The molecule has 0 spiro atoms. The van der Waals surface area contributed by atoms with Gasteiger partial charge in [-0.25, -0.2) is 19.3 Å². The van der Waals surface area contributed by atoms with Crippen LogP contribution in [0.5, 0.6) is 11.5 Å². The van der Waals surface area contributed by atoms with Crippen LogP contribution in [0.25, 0.3) is 0 Å². The van der Waals surface area contributed by atoms with Gasteiger partial charge in [-0.15, -0.1) is 0 Å². The molecule has 388 valence electrons. The summed E-state index contributed by atoms with van der Waals surface area (Å²) in [5.74, 6) is 8.06. The highest BCUT2D eigenvalue weighted by Crippen LogP contribution is 2.29. The number of morpholine rings is 2. The first kappa shape index (κ1) is 56.0. The van der Waals surface area contributed by atoms with Crippen LogP contribution in [-0.2, 0) is 36.6 Å². The SMILES string of the molecule is CN1CCC(NN)CC1.COc1ccc(CC(=S)NC(=O)C2CN(C(=O)OC(C)(C)C)CCO2)cc1.COc1ccc(Cc2nc(C3CN(C(=O)OC(C)(C)C)CCO3)n(C3CCN(C)CC3)n2)cc1. The summed E-state index contributed by atoms with van der Waals surface area (Å²) in [7, 11) is 7.56. The quantitative estimate of drug-likeness (QED) is 0.134. The second kappa shape index (κ2) is 26.5. The third kappa shape index (κ3) is 18.3. The van der Waals surface area contributed by atoms with Gasteiger partial charge in [0.1, 0.15) is 28.8 Å². The Morgan fingerprint density at radius 3 is 1.74 bits per heavy atom. The van der Waals surface area contributed by atoms with Gasteiger partial charge < -0.3 is 53.3 Å². The van der Waals surface area contributed by atoms with E-state index >= 15 is 0 Å². The van der Waals surface area contributed by atoms with Crippen LogP contribution >= 0.6 is 12.2 Å². The van der Waals surface area contributed by atoms with Crippen LogP contribution < -0.4 is 26.1 Å². The molecule has 4 aliphatic rings. The number of carbonyl (C=O) groups is 3. The number of hydrogen-bond acceptors (Lipinski definition) is 16. The maximum atomic E-state index is 12.7. The number of nitrogens with one attached hydrogen (secondary N) is 2. The van der Waals surface area contributed by atoms with Crippen molar-refractivity contribution < 1.29 is 42.8 Å². The van der Waals surface area contributed by atoms with Gasteiger partial charge in [0.2, 0.25) is 0 Å². The van der Waals surface area contributed by atoms with Gasteiger partial charge in [-0.2, -0.15) is 5.10 Å². The largest absolute Gasteiger partial charge is 0.497 e. The highest BCUT2D eigenvalue weighted by Gasteiger charge is 2.35. The number of carbonyl (C=O) groups excluding carboxylic acids is 3. The number of rotatable bonds is 10. The van der Waals surface area contributed by atoms with Gasteiger partial charge in [0.15, 0.2) is 17.8 Å². The molecule has 70 heavy (non-hydrogen) atoms. The standard InChI is InChI=1S/C25H37N5O4.C19H26N2O5S.C6H15N3/c1-25(2,3)34-24(31)29-14-15-33-21(17-29)23-26-22(16-18-6-8-20(32-5)9-7-18)27-30(23)19-10-12-28(4)13-11-19;1-19(2,3)26-18(23)21-9-10-25-15(12-21)17(22)20-16(27)11-13-5-7-14(24-4)8-6-13;1-9-4-2-6(8-7)3-5-9/h6-9,19,21H,10-17H2,1-5H3;5-8,15H,9-12H2,1-4H3,(H,20,22,27);6,8H,2-5,7H2,1H3. The van der Waals surface area contributed by atoms with E-state index in [0.29, 0.717) is 50.1 Å². The van der Waals surface area contributed by atoms with Crippen molar-refractivity contribution in [3.8, 4) is 11.5 Å². The summed E-state index contributed by atoms with van der Waals surface area (Å²) in [6.45, 7) is 17.6. The van der Waals surface area contributed by atoms with Gasteiger partial charge in [-0.05, 0) is 143 Å². The topological polar surface area (TPSA) is 200 Å². The number of hydrogen-bond donors (Lipinski definition) is 3. The molecule has 5 heterocycles. The molecule has 0 radical (unpaired) electrons. The smallest absolute Gasteiger partial charge is 0.410 e. The molecule has 2 atom stereocenters. The highest BCUT2D eigenvalue weighted by molar-refractivity contribution is 7.80. The van der Waals surface area contributed by atoms with E-state index in [-0.39, 0.29) is 37.3 Å². The molecule has 4 saturated heterocycles. The first-order valence-corrected chi connectivity index (χ1v) is 24.7. The van der Waals surface area contributed by atoms with Crippen LogP contribution in [0.2, 0.25) is 0 Å². The monoisotopic (exact) mass is 995 g/mol. The molecule has 1 aromatic heterocycles. The molecule has 2 aromatic carbocycles. The minimum Gasteiger partial charge on any atom is -0.497 e. The number of aromatic nitrogens is 3. The first-order valence-electron chi connectivity index (χ1n) is 24.3. The number of hydrazine groups is 1. The Bertz CT molecular complexity index is 2110. The zero-order valence-corrected chi connectivity index (χ0v) is 43.8. The average molecular weight is 995 g/mol. The van der Waals surface area contributed by atoms with Crippen LogP contribution in [0.15, 0.2) is 48.5 Å². The predicted octanol–water partition coefficient (Wildman–Crippen LogP) is 5.31. The number of nitrogens with zero attached hydrogens (tertiary/aromatic N) is 7.